The Morgan fingerprint density at radius 1 is 1.16 bits per heavy atom. The Morgan fingerprint density at radius 3 is 2.80 bits per heavy atom. The molecule has 4 atom stereocenters. The predicted molar refractivity (Wildman–Crippen MR) is 111 cm³/mol. The van der Waals surface area contributed by atoms with Crippen LogP contribution in [0.3, 0.4) is 0 Å². The minimum absolute atomic E-state index is 0.431. The first-order chi connectivity index (χ1) is 12.3. The number of benzene rings is 1. The fourth-order valence-corrected chi connectivity index (χ4v) is 5.90. The van der Waals surface area contributed by atoms with E-state index in [1.165, 1.54) is 27.7 Å². The van der Waals surface area contributed by atoms with Crippen LogP contribution in [0.4, 0.5) is 0 Å². The van der Waals surface area contributed by atoms with Crippen molar-refractivity contribution in [1.82, 2.24) is 5.32 Å². The van der Waals surface area contributed by atoms with Gasteiger partial charge in [-0.1, -0.05) is 80.9 Å². The van der Waals surface area contributed by atoms with Crippen LogP contribution in [0.15, 0.2) is 89.2 Å². The Balaban J connectivity index is 1.71. The molecular weight excluding hydrogens is 321 g/mol. The molecule has 128 valence electrons. The van der Waals surface area contributed by atoms with E-state index in [2.05, 4.69) is 86.0 Å². The van der Waals surface area contributed by atoms with Crippen LogP contribution in [0.1, 0.15) is 26.7 Å². The van der Waals surface area contributed by atoms with Crippen molar-refractivity contribution >= 4 is 13.9 Å². The molecule has 0 fully saturated rings. The summed E-state index contributed by atoms with van der Waals surface area (Å²) in [6.07, 6.45) is 16.3. The Bertz CT molecular complexity index is 795. The number of fused-ring (bicyclic) bond motifs is 1. The van der Waals surface area contributed by atoms with Crippen molar-refractivity contribution in [2.75, 3.05) is 0 Å². The molecule has 4 rings (SSSR count). The van der Waals surface area contributed by atoms with Crippen LogP contribution in [0.5, 0.6) is 0 Å². The maximum absolute atomic E-state index is 3.88. The minimum atomic E-state index is 0.431. The SMILES string of the molecule is C/C=C\C1=C(C)C2C(C=CC2Pc2ccccc2)NC2=C1C=CCC2. The number of rotatable bonds is 3. The molecule has 1 aliphatic heterocycles. The second-order valence-corrected chi connectivity index (χ2v) is 8.58. The van der Waals surface area contributed by atoms with E-state index in [0.717, 1.165) is 21.4 Å². The molecule has 0 saturated carbocycles. The van der Waals surface area contributed by atoms with Gasteiger partial charge in [-0.05, 0) is 37.6 Å². The second kappa shape index (κ2) is 7.18. The molecule has 1 N–H and O–H groups in total. The monoisotopic (exact) mass is 347 g/mol. The first-order valence-corrected chi connectivity index (χ1v) is 10.4. The van der Waals surface area contributed by atoms with E-state index in [0.29, 0.717) is 17.6 Å². The molecule has 0 saturated heterocycles. The number of nitrogens with one attached hydrogen (secondary N) is 1. The maximum Gasteiger partial charge on any atom is 0.0516 e. The molecule has 0 bridgehead atoms. The van der Waals surface area contributed by atoms with Gasteiger partial charge in [-0.25, -0.2) is 0 Å². The topological polar surface area (TPSA) is 12.0 Å². The largest absolute Gasteiger partial charge is 0.381 e. The molecule has 4 unspecified atom stereocenters. The summed E-state index contributed by atoms with van der Waals surface area (Å²) in [6.45, 7) is 4.47. The summed E-state index contributed by atoms with van der Waals surface area (Å²) in [5.41, 5.74) is 6.39. The third-order valence-electron chi connectivity index (χ3n) is 5.47. The molecule has 0 radical (unpaired) electrons. The number of hydrogen-bond donors (Lipinski definition) is 1. The standard InChI is InChI=1S/C23H26NP/c1-3-9-18-16(2)23-21(24-20-13-8-7-12-19(18)20)14-15-22(23)25-17-10-5-4-6-11-17/h3-7,9-12,14-15,21-25H,8,13H2,1-2H3/b9-3-. The van der Waals surface area contributed by atoms with Gasteiger partial charge in [0.05, 0.1) is 6.04 Å². The van der Waals surface area contributed by atoms with Crippen LogP contribution in [-0.4, -0.2) is 11.7 Å². The van der Waals surface area contributed by atoms with Crippen LogP contribution in [0.2, 0.25) is 0 Å². The lowest BCUT2D eigenvalue weighted by Crippen LogP contribution is -2.35. The highest BCUT2D eigenvalue weighted by Crippen LogP contribution is 2.43. The van der Waals surface area contributed by atoms with Gasteiger partial charge in [-0.2, -0.15) is 0 Å². The second-order valence-electron chi connectivity index (χ2n) is 7.05. The van der Waals surface area contributed by atoms with Gasteiger partial charge in [-0.3, -0.25) is 0 Å². The highest BCUT2D eigenvalue weighted by molar-refractivity contribution is 7.48. The highest BCUT2D eigenvalue weighted by atomic mass is 31.1. The molecule has 1 nitrogen and oxygen atoms in total. The smallest absolute Gasteiger partial charge is 0.0516 e. The molecule has 25 heavy (non-hydrogen) atoms. The van der Waals surface area contributed by atoms with Crippen LogP contribution in [0.25, 0.3) is 0 Å². The van der Waals surface area contributed by atoms with Crippen LogP contribution >= 0.6 is 8.58 Å². The molecule has 0 amide bonds. The summed E-state index contributed by atoms with van der Waals surface area (Å²) in [7, 11) is 0.822. The quantitative estimate of drug-likeness (QED) is 0.598. The summed E-state index contributed by atoms with van der Waals surface area (Å²) in [4.78, 5) is 0. The molecule has 0 spiro atoms. The lowest BCUT2D eigenvalue weighted by molar-refractivity contribution is 0.520. The van der Waals surface area contributed by atoms with Crippen molar-refractivity contribution < 1.29 is 0 Å². The van der Waals surface area contributed by atoms with E-state index in [1.807, 2.05) is 0 Å². The summed E-state index contributed by atoms with van der Waals surface area (Å²) in [6, 6.07) is 11.4. The Morgan fingerprint density at radius 2 is 2.00 bits per heavy atom. The van der Waals surface area contributed by atoms with Gasteiger partial charge in [0.25, 0.3) is 0 Å². The van der Waals surface area contributed by atoms with E-state index in [4.69, 9.17) is 0 Å². The molecule has 3 aliphatic rings. The highest BCUT2D eigenvalue weighted by Gasteiger charge is 2.37. The average Bonchev–Trinajstić information content (AvgIpc) is 2.98. The molecule has 2 aliphatic carbocycles. The summed E-state index contributed by atoms with van der Waals surface area (Å²) < 4.78 is 0. The summed E-state index contributed by atoms with van der Waals surface area (Å²) >= 11 is 0. The molecule has 1 aromatic carbocycles. The number of hydrogen-bond acceptors (Lipinski definition) is 1. The van der Waals surface area contributed by atoms with Crippen molar-refractivity contribution in [2.24, 2.45) is 5.92 Å². The van der Waals surface area contributed by atoms with Crippen LogP contribution < -0.4 is 10.6 Å². The first kappa shape index (κ1) is 16.6. The molecular formula is C23H26NP. The zero-order chi connectivity index (χ0) is 17.2. The lowest BCUT2D eigenvalue weighted by Gasteiger charge is -2.27. The Hall–Kier alpha value is -1.85. The maximum atomic E-state index is 3.88. The lowest BCUT2D eigenvalue weighted by atomic mass is 9.87. The average molecular weight is 347 g/mol. The number of allylic oxidation sites excluding steroid dienone is 8. The van der Waals surface area contributed by atoms with Crippen molar-refractivity contribution in [3.63, 3.8) is 0 Å². The van der Waals surface area contributed by atoms with Crippen molar-refractivity contribution in [1.29, 1.82) is 0 Å². The first-order valence-electron chi connectivity index (χ1n) is 9.28. The van der Waals surface area contributed by atoms with Crippen LogP contribution in [-0.2, 0) is 0 Å². The van der Waals surface area contributed by atoms with Crippen molar-refractivity contribution in [2.45, 2.75) is 38.4 Å². The zero-order valence-electron chi connectivity index (χ0n) is 15.0. The third kappa shape index (κ3) is 3.18. The Labute approximate surface area is 153 Å². The van der Waals surface area contributed by atoms with Crippen molar-refractivity contribution in [3.8, 4) is 0 Å². The van der Waals surface area contributed by atoms with Crippen LogP contribution in [0, 0.1) is 5.92 Å². The van der Waals surface area contributed by atoms with Gasteiger partial charge in [0.1, 0.15) is 0 Å². The van der Waals surface area contributed by atoms with Gasteiger partial charge in [0.2, 0.25) is 0 Å². The Kier molecular flexibility index (Phi) is 4.77. The van der Waals surface area contributed by atoms with E-state index >= 15 is 0 Å². The van der Waals surface area contributed by atoms with Crippen molar-refractivity contribution in [3.05, 3.63) is 89.2 Å². The third-order valence-corrected chi connectivity index (χ3v) is 7.02. The van der Waals surface area contributed by atoms with Gasteiger partial charge < -0.3 is 5.32 Å². The van der Waals surface area contributed by atoms with E-state index in [-0.39, 0.29) is 0 Å². The normalized spacial score (nSPS) is 28.6. The minimum Gasteiger partial charge on any atom is -0.381 e. The van der Waals surface area contributed by atoms with Gasteiger partial charge in [0.15, 0.2) is 0 Å². The fourth-order valence-electron chi connectivity index (χ4n) is 4.29. The van der Waals surface area contributed by atoms with E-state index in [1.54, 1.807) is 0 Å². The van der Waals surface area contributed by atoms with Gasteiger partial charge in [0, 0.05) is 22.8 Å². The molecule has 0 aromatic heterocycles. The summed E-state index contributed by atoms with van der Waals surface area (Å²) in [5.74, 6) is 0.545. The van der Waals surface area contributed by atoms with E-state index < -0.39 is 0 Å². The molecule has 1 aromatic rings. The van der Waals surface area contributed by atoms with Gasteiger partial charge >= 0.3 is 0 Å². The van der Waals surface area contributed by atoms with E-state index in [9.17, 15) is 0 Å². The molecule has 1 heterocycles. The predicted octanol–water partition coefficient (Wildman–Crippen LogP) is 5.01. The molecule has 2 heteroatoms. The van der Waals surface area contributed by atoms with Gasteiger partial charge in [-0.15, -0.1) is 0 Å². The zero-order valence-corrected chi connectivity index (χ0v) is 16.0. The fraction of sp³-hybridized carbons (Fsp3) is 0.304. The summed E-state index contributed by atoms with van der Waals surface area (Å²) in [5, 5.41) is 5.34.